The van der Waals surface area contributed by atoms with Crippen LogP contribution in [0.3, 0.4) is 0 Å². The number of benzene rings is 1. The Labute approximate surface area is 85.8 Å². The average Bonchev–Trinajstić information content (AvgIpc) is 2.04. The van der Waals surface area contributed by atoms with Crippen LogP contribution in [0.4, 0.5) is 0 Å². The molecule has 4 heteroatoms. The summed E-state index contributed by atoms with van der Waals surface area (Å²) in [6.45, 7) is 0. The maximum absolute atomic E-state index is 11.4. The molecule has 0 heterocycles. The molecule has 2 nitrogen and oxygen atoms in total. The number of halogens is 1. The van der Waals surface area contributed by atoms with Crippen LogP contribution in [-0.4, -0.2) is 18.4 Å². The Bertz CT molecular complexity index is 297. The number of nitrogens with one attached hydrogen (secondary N) is 1. The van der Waals surface area contributed by atoms with Crippen LogP contribution in [-0.2, 0) is 11.1 Å². The molecule has 0 unspecified atom stereocenters. The fourth-order valence-electron chi connectivity index (χ4n) is 0.846. The van der Waals surface area contributed by atoms with Crippen molar-refractivity contribution >= 4 is 28.6 Å². The molecule has 0 saturated carbocycles. The van der Waals surface area contributed by atoms with E-state index in [0.29, 0.717) is 10.6 Å². The lowest BCUT2D eigenvalue weighted by molar-refractivity contribution is 0.0983. The molecule has 1 rings (SSSR count). The number of hydrogen-bond donors (Lipinski definition) is 1. The van der Waals surface area contributed by atoms with Crippen molar-refractivity contribution in [2.24, 2.45) is 0 Å². The van der Waals surface area contributed by atoms with Crippen LogP contribution < -0.4 is 4.72 Å². The van der Waals surface area contributed by atoms with E-state index >= 15 is 0 Å². The Kier molecular flexibility index (Phi) is 3.63. The Balaban J connectivity index is 2.72. The Morgan fingerprint density at radius 2 is 1.85 bits per heavy atom. The van der Waals surface area contributed by atoms with Crippen molar-refractivity contribution in [1.29, 1.82) is 0 Å². The largest absolute Gasteiger partial charge is 0.292 e. The summed E-state index contributed by atoms with van der Waals surface area (Å²) in [7, 11) is 0. The van der Waals surface area contributed by atoms with Gasteiger partial charge in [0.2, 0.25) is 0 Å². The lowest BCUT2D eigenvalue weighted by Crippen LogP contribution is -2.28. The molecular formula is C9H11ClNOS+. The van der Waals surface area contributed by atoms with Gasteiger partial charge in [0, 0.05) is 10.6 Å². The van der Waals surface area contributed by atoms with E-state index in [4.69, 9.17) is 11.6 Å². The molecule has 0 aliphatic carbocycles. The lowest BCUT2D eigenvalue weighted by Gasteiger charge is -2.00. The minimum atomic E-state index is -0.0840. The van der Waals surface area contributed by atoms with Gasteiger partial charge in [-0.15, -0.1) is 0 Å². The standard InChI is InChI=1S/C9H10ClNOS/c1-13(2)11-9(12)7-3-5-8(10)6-4-7/h3-6H,1-2H3/p+1. The van der Waals surface area contributed by atoms with Crippen LogP contribution in [0.5, 0.6) is 0 Å². The van der Waals surface area contributed by atoms with Crippen LogP contribution in [0, 0.1) is 0 Å². The van der Waals surface area contributed by atoms with Crippen molar-refractivity contribution in [3.8, 4) is 0 Å². The van der Waals surface area contributed by atoms with Crippen LogP contribution in [0.15, 0.2) is 24.3 Å². The first-order valence-corrected chi connectivity index (χ1v) is 6.15. The molecule has 0 radical (unpaired) electrons. The molecule has 0 fully saturated rings. The first kappa shape index (κ1) is 10.4. The smallest absolute Gasteiger partial charge is 0.265 e. The van der Waals surface area contributed by atoms with E-state index in [0.717, 1.165) is 0 Å². The van der Waals surface area contributed by atoms with E-state index < -0.39 is 0 Å². The summed E-state index contributed by atoms with van der Waals surface area (Å²) in [6.07, 6.45) is 3.90. The second-order valence-electron chi connectivity index (χ2n) is 2.75. The zero-order chi connectivity index (χ0) is 9.84. The lowest BCUT2D eigenvalue weighted by atomic mass is 10.2. The molecule has 0 aromatic heterocycles. The van der Waals surface area contributed by atoms with Gasteiger partial charge in [-0.1, -0.05) is 11.6 Å². The highest BCUT2D eigenvalue weighted by atomic mass is 35.5. The van der Waals surface area contributed by atoms with Crippen LogP contribution in [0.25, 0.3) is 0 Å². The number of carbonyl (C=O) groups is 1. The summed E-state index contributed by atoms with van der Waals surface area (Å²) < 4.78 is 2.82. The summed E-state index contributed by atoms with van der Waals surface area (Å²) >= 11 is 5.61. The topological polar surface area (TPSA) is 29.1 Å². The van der Waals surface area contributed by atoms with Gasteiger partial charge in [-0.25, -0.2) is 0 Å². The van der Waals surface area contributed by atoms with E-state index in [1.165, 1.54) is 0 Å². The molecule has 1 N–H and O–H groups in total. The van der Waals surface area contributed by atoms with Crippen molar-refractivity contribution in [3.63, 3.8) is 0 Å². The summed E-state index contributed by atoms with van der Waals surface area (Å²) in [5.41, 5.74) is 0.644. The van der Waals surface area contributed by atoms with Crippen molar-refractivity contribution < 1.29 is 4.79 Å². The SMILES string of the molecule is C[S+](C)NC(=O)c1ccc(Cl)cc1. The fourth-order valence-corrected chi connectivity index (χ4v) is 1.46. The molecule has 0 bridgehead atoms. The third-order valence-electron chi connectivity index (χ3n) is 1.40. The summed E-state index contributed by atoms with van der Waals surface area (Å²) in [5, 5.41) is 0.642. The van der Waals surface area contributed by atoms with Gasteiger partial charge in [0.05, 0.1) is 11.1 Å². The predicted octanol–water partition coefficient (Wildman–Crippen LogP) is 1.86. The van der Waals surface area contributed by atoms with Crippen LogP contribution in [0.2, 0.25) is 5.02 Å². The molecule has 0 aliphatic heterocycles. The Hall–Kier alpha value is -0.670. The van der Waals surface area contributed by atoms with Crippen molar-refractivity contribution in [1.82, 2.24) is 4.72 Å². The van der Waals surface area contributed by atoms with Crippen LogP contribution >= 0.6 is 11.6 Å². The molecular weight excluding hydrogens is 206 g/mol. The van der Waals surface area contributed by atoms with Crippen molar-refractivity contribution in [2.45, 2.75) is 0 Å². The van der Waals surface area contributed by atoms with E-state index in [1.807, 2.05) is 12.5 Å². The average molecular weight is 217 g/mol. The van der Waals surface area contributed by atoms with E-state index in [2.05, 4.69) is 4.72 Å². The Morgan fingerprint density at radius 1 is 1.31 bits per heavy atom. The van der Waals surface area contributed by atoms with Gasteiger partial charge in [-0.05, 0) is 24.3 Å². The number of amides is 1. The number of carbonyl (C=O) groups excluding carboxylic acids is 1. The molecule has 70 valence electrons. The first-order valence-electron chi connectivity index (χ1n) is 3.74. The fraction of sp³-hybridized carbons (Fsp3) is 0.222. The molecule has 0 saturated heterocycles. The normalized spacial score (nSPS) is 10.2. The molecule has 1 aromatic rings. The molecule has 0 atom stereocenters. The maximum atomic E-state index is 11.4. The Morgan fingerprint density at radius 3 is 2.31 bits per heavy atom. The third kappa shape index (κ3) is 3.28. The molecule has 1 aromatic carbocycles. The zero-order valence-corrected chi connectivity index (χ0v) is 9.08. The number of rotatable bonds is 2. The summed E-state index contributed by atoms with van der Waals surface area (Å²) in [4.78, 5) is 11.4. The number of hydrogen-bond acceptors (Lipinski definition) is 1. The zero-order valence-electron chi connectivity index (χ0n) is 7.50. The molecule has 13 heavy (non-hydrogen) atoms. The van der Waals surface area contributed by atoms with Gasteiger partial charge in [0.1, 0.15) is 12.5 Å². The van der Waals surface area contributed by atoms with Crippen molar-refractivity contribution in [2.75, 3.05) is 12.5 Å². The highest BCUT2D eigenvalue weighted by Gasteiger charge is 2.11. The molecule has 0 spiro atoms. The second kappa shape index (κ2) is 4.53. The minimum absolute atomic E-state index is 0.0509. The van der Waals surface area contributed by atoms with Gasteiger partial charge in [-0.2, -0.15) is 4.72 Å². The highest BCUT2D eigenvalue weighted by Crippen LogP contribution is 2.09. The van der Waals surface area contributed by atoms with Gasteiger partial charge in [-0.3, -0.25) is 4.79 Å². The van der Waals surface area contributed by atoms with Gasteiger partial charge in [0.25, 0.3) is 5.91 Å². The van der Waals surface area contributed by atoms with Gasteiger partial charge >= 0.3 is 0 Å². The van der Waals surface area contributed by atoms with Crippen LogP contribution in [0.1, 0.15) is 10.4 Å². The highest BCUT2D eigenvalue weighted by molar-refractivity contribution is 7.94. The summed E-state index contributed by atoms with van der Waals surface area (Å²) in [5.74, 6) is -0.0509. The summed E-state index contributed by atoms with van der Waals surface area (Å²) in [6, 6.07) is 6.84. The second-order valence-corrected chi connectivity index (χ2v) is 5.03. The minimum Gasteiger partial charge on any atom is -0.265 e. The predicted molar refractivity (Wildman–Crippen MR) is 58.1 cm³/mol. The quantitative estimate of drug-likeness (QED) is 0.752. The monoisotopic (exact) mass is 216 g/mol. The maximum Gasteiger partial charge on any atom is 0.292 e. The first-order chi connectivity index (χ1) is 6.09. The van der Waals surface area contributed by atoms with Gasteiger partial charge < -0.3 is 0 Å². The van der Waals surface area contributed by atoms with E-state index in [9.17, 15) is 4.79 Å². The van der Waals surface area contributed by atoms with E-state index in [-0.39, 0.29) is 17.0 Å². The molecule has 1 amide bonds. The van der Waals surface area contributed by atoms with E-state index in [1.54, 1.807) is 24.3 Å². The van der Waals surface area contributed by atoms with Gasteiger partial charge in [0.15, 0.2) is 0 Å². The third-order valence-corrected chi connectivity index (χ3v) is 2.25. The van der Waals surface area contributed by atoms with Crippen molar-refractivity contribution in [3.05, 3.63) is 34.9 Å². The molecule has 0 aliphatic rings.